The van der Waals surface area contributed by atoms with E-state index in [9.17, 15) is 0 Å². The van der Waals surface area contributed by atoms with Crippen molar-refractivity contribution in [2.75, 3.05) is 0 Å². The summed E-state index contributed by atoms with van der Waals surface area (Å²) in [5, 5.41) is 0.486. The molecule has 2 aromatic carbocycles. The summed E-state index contributed by atoms with van der Waals surface area (Å²) >= 11 is 9.59. The zero-order chi connectivity index (χ0) is 17.5. The first-order valence-electron chi connectivity index (χ1n) is 8.20. The van der Waals surface area contributed by atoms with Crippen molar-refractivity contribution in [3.63, 3.8) is 0 Å². The Labute approximate surface area is 161 Å². The molecule has 0 amide bonds. The first-order chi connectivity index (χ1) is 12.2. The lowest BCUT2D eigenvalue weighted by molar-refractivity contribution is 0.793. The van der Waals surface area contributed by atoms with E-state index in [4.69, 9.17) is 11.6 Å². The van der Waals surface area contributed by atoms with E-state index in [-0.39, 0.29) is 0 Å². The molecule has 0 fully saturated rings. The van der Waals surface area contributed by atoms with E-state index in [0.29, 0.717) is 11.0 Å². The van der Waals surface area contributed by atoms with Crippen molar-refractivity contribution in [1.29, 1.82) is 0 Å². The minimum atomic E-state index is 0.486. The van der Waals surface area contributed by atoms with Gasteiger partial charge < -0.3 is 0 Å². The predicted octanol–water partition coefficient (Wildman–Crippen LogP) is 6.24. The minimum absolute atomic E-state index is 0.486. The molecule has 0 unspecified atom stereocenters. The van der Waals surface area contributed by atoms with E-state index in [2.05, 4.69) is 50.2 Å². The molecule has 0 saturated heterocycles. The quantitative estimate of drug-likeness (QED) is 0.447. The molecule has 0 aliphatic heterocycles. The zero-order valence-corrected chi connectivity index (χ0v) is 16.0. The van der Waals surface area contributed by atoms with Crippen LogP contribution in [-0.2, 0) is 12.8 Å². The summed E-state index contributed by atoms with van der Waals surface area (Å²) in [5.74, 6) is 0.644. The van der Waals surface area contributed by atoms with Gasteiger partial charge in [0.2, 0.25) is 0 Å². The summed E-state index contributed by atoms with van der Waals surface area (Å²) in [4.78, 5) is 8.90. The number of aromatic nitrogens is 2. The summed E-state index contributed by atoms with van der Waals surface area (Å²) < 4.78 is 1.06. The Hall–Kier alpha value is -1.97. The molecular weight excluding hydrogens is 396 g/mol. The van der Waals surface area contributed by atoms with Crippen molar-refractivity contribution in [2.45, 2.75) is 19.3 Å². The van der Waals surface area contributed by atoms with E-state index in [1.165, 1.54) is 5.56 Å². The molecule has 0 aliphatic rings. The van der Waals surface area contributed by atoms with Gasteiger partial charge in [-0.25, -0.2) is 9.97 Å². The highest BCUT2D eigenvalue weighted by Gasteiger charge is 2.02. The van der Waals surface area contributed by atoms with Crippen LogP contribution in [0.15, 0.2) is 65.1 Å². The van der Waals surface area contributed by atoms with Crippen molar-refractivity contribution in [3.8, 4) is 0 Å². The van der Waals surface area contributed by atoms with Crippen molar-refractivity contribution in [1.82, 2.24) is 9.97 Å². The summed E-state index contributed by atoms with van der Waals surface area (Å²) in [6, 6.07) is 20.4. The second kappa shape index (κ2) is 8.93. The Morgan fingerprint density at radius 3 is 2.40 bits per heavy atom. The molecule has 3 rings (SSSR count). The molecule has 0 atom stereocenters. The fraction of sp³-hybridized carbons (Fsp3) is 0.143. The molecule has 2 nitrogen and oxygen atoms in total. The van der Waals surface area contributed by atoms with E-state index in [1.807, 2.05) is 48.6 Å². The molecule has 4 heteroatoms. The molecule has 0 aliphatic carbocycles. The van der Waals surface area contributed by atoms with Gasteiger partial charge in [0.05, 0.1) is 0 Å². The standard InChI is InChI=1S/C21H18BrClN2/c22-18-12-9-17(10-13-18)11-14-21-24-19(15-20(23)25-21)8-4-7-16-5-2-1-3-6-16/h1-3,5-6,9-15H,4,7-8H2/b14-11+. The number of hydrogen-bond acceptors (Lipinski definition) is 2. The van der Waals surface area contributed by atoms with Gasteiger partial charge in [0.15, 0.2) is 5.82 Å². The Kier molecular flexibility index (Phi) is 6.37. The van der Waals surface area contributed by atoms with Gasteiger partial charge in [-0.2, -0.15) is 0 Å². The monoisotopic (exact) mass is 412 g/mol. The lowest BCUT2D eigenvalue weighted by Gasteiger charge is -2.04. The van der Waals surface area contributed by atoms with Gasteiger partial charge in [0.25, 0.3) is 0 Å². The first kappa shape index (κ1) is 17.8. The van der Waals surface area contributed by atoms with Crippen molar-refractivity contribution >= 4 is 39.7 Å². The number of halogens is 2. The van der Waals surface area contributed by atoms with Crippen molar-refractivity contribution in [3.05, 3.63) is 92.9 Å². The topological polar surface area (TPSA) is 25.8 Å². The highest BCUT2D eigenvalue weighted by molar-refractivity contribution is 9.10. The van der Waals surface area contributed by atoms with E-state index in [0.717, 1.165) is 35.0 Å². The molecule has 0 N–H and O–H groups in total. The van der Waals surface area contributed by atoms with Crippen LogP contribution in [-0.4, -0.2) is 9.97 Å². The highest BCUT2D eigenvalue weighted by Crippen LogP contribution is 2.15. The highest BCUT2D eigenvalue weighted by atomic mass is 79.9. The first-order valence-corrected chi connectivity index (χ1v) is 9.37. The van der Waals surface area contributed by atoms with Gasteiger partial charge in [0.1, 0.15) is 5.15 Å². The number of hydrogen-bond donors (Lipinski definition) is 0. The minimum Gasteiger partial charge on any atom is -0.234 e. The van der Waals surface area contributed by atoms with Gasteiger partial charge in [-0.3, -0.25) is 0 Å². The summed E-state index contributed by atoms with van der Waals surface area (Å²) in [6.45, 7) is 0. The van der Waals surface area contributed by atoms with Crippen LogP contribution < -0.4 is 0 Å². The number of benzene rings is 2. The van der Waals surface area contributed by atoms with E-state index < -0.39 is 0 Å². The Morgan fingerprint density at radius 1 is 0.880 bits per heavy atom. The molecule has 1 aromatic heterocycles. The second-order valence-corrected chi connectivity index (χ2v) is 7.07. The van der Waals surface area contributed by atoms with Crippen molar-refractivity contribution in [2.24, 2.45) is 0 Å². The van der Waals surface area contributed by atoms with Gasteiger partial charge in [-0.15, -0.1) is 0 Å². The molecule has 25 heavy (non-hydrogen) atoms. The normalized spacial score (nSPS) is 11.1. The third-order valence-corrected chi connectivity index (χ3v) is 4.52. The van der Waals surface area contributed by atoms with Crippen LogP contribution in [0, 0.1) is 0 Å². The predicted molar refractivity (Wildman–Crippen MR) is 109 cm³/mol. The smallest absolute Gasteiger partial charge is 0.153 e. The Bertz CT molecular complexity index is 846. The maximum absolute atomic E-state index is 6.16. The largest absolute Gasteiger partial charge is 0.234 e. The third-order valence-electron chi connectivity index (χ3n) is 3.80. The molecular formula is C21H18BrClN2. The fourth-order valence-electron chi connectivity index (χ4n) is 2.55. The third kappa shape index (κ3) is 5.80. The molecule has 1 heterocycles. The molecule has 126 valence electrons. The van der Waals surface area contributed by atoms with Crippen LogP contribution in [0.1, 0.15) is 29.1 Å². The fourth-order valence-corrected chi connectivity index (χ4v) is 3.03. The average molecular weight is 414 g/mol. The maximum atomic E-state index is 6.16. The van der Waals surface area contributed by atoms with Gasteiger partial charge in [-0.05, 0) is 54.7 Å². The number of nitrogens with zero attached hydrogens (tertiary/aromatic N) is 2. The molecule has 0 spiro atoms. The number of aryl methyl sites for hydroxylation is 2. The zero-order valence-electron chi connectivity index (χ0n) is 13.7. The molecule has 0 radical (unpaired) electrons. The van der Waals surface area contributed by atoms with E-state index >= 15 is 0 Å². The van der Waals surface area contributed by atoms with Crippen LogP contribution >= 0.6 is 27.5 Å². The lowest BCUT2D eigenvalue weighted by Crippen LogP contribution is -1.97. The van der Waals surface area contributed by atoms with Crippen LogP contribution in [0.5, 0.6) is 0 Å². The SMILES string of the molecule is Clc1cc(CCCc2ccccc2)nc(/C=C/c2ccc(Br)cc2)n1. The van der Waals surface area contributed by atoms with E-state index in [1.54, 1.807) is 0 Å². The van der Waals surface area contributed by atoms with Crippen LogP contribution in [0.25, 0.3) is 12.2 Å². The summed E-state index contributed by atoms with van der Waals surface area (Å²) in [5.41, 5.74) is 3.42. The summed E-state index contributed by atoms with van der Waals surface area (Å²) in [7, 11) is 0. The Balaban J connectivity index is 1.64. The summed E-state index contributed by atoms with van der Waals surface area (Å²) in [6.07, 6.45) is 6.84. The van der Waals surface area contributed by atoms with Gasteiger partial charge in [0, 0.05) is 10.2 Å². The van der Waals surface area contributed by atoms with Gasteiger partial charge in [-0.1, -0.05) is 76.1 Å². The number of rotatable bonds is 6. The molecule has 3 aromatic rings. The van der Waals surface area contributed by atoms with Crippen molar-refractivity contribution < 1.29 is 0 Å². The maximum Gasteiger partial charge on any atom is 0.153 e. The van der Waals surface area contributed by atoms with Crippen LogP contribution in [0.4, 0.5) is 0 Å². The average Bonchev–Trinajstić information content (AvgIpc) is 2.62. The van der Waals surface area contributed by atoms with Crippen LogP contribution in [0.3, 0.4) is 0 Å². The molecule has 0 saturated carbocycles. The Morgan fingerprint density at radius 2 is 1.64 bits per heavy atom. The second-order valence-electron chi connectivity index (χ2n) is 5.76. The lowest BCUT2D eigenvalue weighted by atomic mass is 10.1. The molecule has 0 bridgehead atoms. The van der Waals surface area contributed by atoms with Crippen LogP contribution in [0.2, 0.25) is 5.15 Å². The van der Waals surface area contributed by atoms with Gasteiger partial charge >= 0.3 is 0 Å².